The third kappa shape index (κ3) is 1.13. The highest BCUT2D eigenvalue weighted by Crippen LogP contribution is 2.49. The van der Waals surface area contributed by atoms with E-state index in [0.29, 0.717) is 0 Å². The van der Waals surface area contributed by atoms with Crippen molar-refractivity contribution >= 4 is 5.78 Å². The first-order valence-electron chi connectivity index (χ1n) is 2.85. The van der Waals surface area contributed by atoms with Crippen LogP contribution in [0.25, 0.3) is 0 Å². The summed E-state index contributed by atoms with van der Waals surface area (Å²) in [7, 11) is 0. The third-order valence-electron chi connectivity index (χ3n) is 1.47. The molecule has 54 valence electrons. The van der Waals surface area contributed by atoms with Crippen LogP contribution < -0.4 is 0 Å². The van der Waals surface area contributed by atoms with Crippen molar-refractivity contribution in [2.24, 2.45) is 5.92 Å². The Kier molecular flexibility index (Phi) is 1.43. The Morgan fingerprint density at radius 3 is 2.60 bits per heavy atom. The lowest BCUT2D eigenvalue weighted by Gasteiger charge is -1.90. The summed E-state index contributed by atoms with van der Waals surface area (Å²) in [6.07, 6.45) is -0.756. The number of hydrogen-bond acceptors (Lipinski definition) is 2. The Morgan fingerprint density at radius 2 is 2.30 bits per heavy atom. The Bertz CT molecular complexity index is 206. The number of ketones is 1. The molecule has 0 aromatic carbocycles. The fourth-order valence-corrected chi connectivity index (χ4v) is 0.764. The fourth-order valence-electron chi connectivity index (χ4n) is 0.764. The molecule has 0 aliphatic heterocycles. The van der Waals surface area contributed by atoms with Gasteiger partial charge in [0.05, 0.1) is 18.4 Å². The van der Waals surface area contributed by atoms with Gasteiger partial charge in [0.15, 0.2) is 5.78 Å². The van der Waals surface area contributed by atoms with Crippen molar-refractivity contribution in [3.8, 4) is 6.07 Å². The summed E-state index contributed by atoms with van der Waals surface area (Å²) in [6, 6.07) is 1.54. The average Bonchev–Trinajstić information content (AvgIpc) is 2.41. The maximum Gasteiger partial charge on any atom is 0.258 e. The lowest BCUT2D eigenvalue weighted by molar-refractivity contribution is -0.121. The summed E-state index contributed by atoms with van der Waals surface area (Å²) in [5.74, 6) is -4.60. The Morgan fingerprint density at radius 1 is 1.80 bits per heavy atom. The van der Waals surface area contributed by atoms with Gasteiger partial charge in [0.25, 0.3) is 5.92 Å². The lowest BCUT2D eigenvalue weighted by Crippen LogP contribution is -2.05. The Labute approximate surface area is 56.4 Å². The quantitative estimate of drug-likeness (QED) is 0.584. The first-order valence-corrected chi connectivity index (χ1v) is 2.85. The van der Waals surface area contributed by atoms with Crippen LogP contribution in [0.15, 0.2) is 0 Å². The molecule has 1 fully saturated rings. The zero-order chi connectivity index (χ0) is 7.78. The van der Waals surface area contributed by atoms with Crippen LogP contribution in [-0.4, -0.2) is 11.7 Å². The Balaban J connectivity index is 2.42. The van der Waals surface area contributed by atoms with Gasteiger partial charge >= 0.3 is 0 Å². The van der Waals surface area contributed by atoms with Gasteiger partial charge in [-0.25, -0.2) is 8.78 Å². The second-order valence-electron chi connectivity index (χ2n) is 2.32. The SMILES string of the molecule is N#CCC(=O)[C@@H]1CC1(F)F. The van der Waals surface area contributed by atoms with Gasteiger partial charge in [-0.05, 0) is 0 Å². The average molecular weight is 145 g/mol. The molecule has 1 saturated carbocycles. The van der Waals surface area contributed by atoms with E-state index in [9.17, 15) is 13.6 Å². The van der Waals surface area contributed by atoms with E-state index in [0.717, 1.165) is 0 Å². The molecule has 1 aliphatic rings. The van der Waals surface area contributed by atoms with Crippen LogP contribution >= 0.6 is 0 Å². The zero-order valence-corrected chi connectivity index (χ0v) is 5.10. The summed E-state index contributed by atoms with van der Waals surface area (Å²) in [6.45, 7) is 0. The molecule has 0 unspecified atom stereocenters. The van der Waals surface area contributed by atoms with Crippen molar-refractivity contribution in [1.82, 2.24) is 0 Å². The van der Waals surface area contributed by atoms with Crippen LogP contribution in [0.4, 0.5) is 8.78 Å². The molecule has 0 N–H and O–H groups in total. The molecule has 0 radical (unpaired) electrons. The molecule has 0 aromatic heterocycles. The second kappa shape index (κ2) is 2.01. The lowest BCUT2D eigenvalue weighted by atomic mass is 10.2. The molecule has 0 spiro atoms. The van der Waals surface area contributed by atoms with Gasteiger partial charge in [-0.1, -0.05) is 0 Å². The van der Waals surface area contributed by atoms with E-state index >= 15 is 0 Å². The van der Waals surface area contributed by atoms with Crippen LogP contribution in [0.5, 0.6) is 0 Å². The van der Waals surface area contributed by atoms with Crippen molar-refractivity contribution < 1.29 is 13.6 Å². The van der Waals surface area contributed by atoms with E-state index in [2.05, 4.69) is 0 Å². The van der Waals surface area contributed by atoms with Crippen LogP contribution in [0.1, 0.15) is 12.8 Å². The highest BCUT2D eigenvalue weighted by molar-refractivity contribution is 5.86. The molecule has 1 aliphatic carbocycles. The van der Waals surface area contributed by atoms with Crippen molar-refractivity contribution in [2.75, 3.05) is 0 Å². The maximum absolute atomic E-state index is 12.0. The number of hydrogen-bond donors (Lipinski definition) is 0. The van der Waals surface area contributed by atoms with Gasteiger partial charge in [-0.15, -0.1) is 0 Å². The van der Waals surface area contributed by atoms with Crippen LogP contribution in [0, 0.1) is 17.2 Å². The topological polar surface area (TPSA) is 40.9 Å². The first-order chi connectivity index (χ1) is 4.58. The van der Waals surface area contributed by atoms with E-state index < -0.39 is 17.6 Å². The second-order valence-corrected chi connectivity index (χ2v) is 2.32. The monoisotopic (exact) mass is 145 g/mol. The van der Waals surface area contributed by atoms with E-state index in [1.165, 1.54) is 0 Å². The fraction of sp³-hybridized carbons (Fsp3) is 0.667. The number of alkyl halides is 2. The van der Waals surface area contributed by atoms with Crippen LogP contribution in [-0.2, 0) is 4.79 Å². The van der Waals surface area contributed by atoms with Gasteiger partial charge in [0.1, 0.15) is 0 Å². The summed E-state index contributed by atoms with van der Waals surface area (Å²) >= 11 is 0. The summed E-state index contributed by atoms with van der Waals surface area (Å²) in [5.41, 5.74) is 0. The molecule has 1 rings (SSSR count). The van der Waals surface area contributed by atoms with Gasteiger partial charge in [-0.2, -0.15) is 5.26 Å². The first kappa shape index (κ1) is 7.13. The molecule has 0 amide bonds. The Hall–Kier alpha value is -0.980. The number of nitriles is 1. The molecule has 0 heterocycles. The molecule has 1 atom stereocenters. The number of Topliss-reactive ketones (excluding diaryl/α,β-unsaturated/α-hetero) is 1. The minimum atomic E-state index is -2.81. The maximum atomic E-state index is 12.0. The van der Waals surface area contributed by atoms with E-state index in [1.54, 1.807) is 6.07 Å². The molecule has 10 heavy (non-hydrogen) atoms. The summed E-state index contributed by atoms with van der Waals surface area (Å²) in [4.78, 5) is 10.5. The van der Waals surface area contributed by atoms with E-state index in [-0.39, 0.29) is 12.8 Å². The van der Waals surface area contributed by atoms with Gasteiger partial charge in [-0.3, -0.25) is 4.79 Å². The van der Waals surface area contributed by atoms with Crippen molar-refractivity contribution in [3.05, 3.63) is 0 Å². The molecular weight excluding hydrogens is 140 g/mol. The van der Waals surface area contributed by atoms with Gasteiger partial charge in [0.2, 0.25) is 0 Å². The van der Waals surface area contributed by atoms with Crippen LogP contribution in [0.2, 0.25) is 0 Å². The molecule has 2 nitrogen and oxygen atoms in total. The molecule has 0 bridgehead atoms. The molecular formula is C6H5F2NO. The van der Waals surface area contributed by atoms with Crippen molar-refractivity contribution in [3.63, 3.8) is 0 Å². The molecule has 0 saturated heterocycles. The van der Waals surface area contributed by atoms with Crippen molar-refractivity contribution in [2.45, 2.75) is 18.8 Å². The van der Waals surface area contributed by atoms with E-state index in [4.69, 9.17) is 5.26 Å². The largest absolute Gasteiger partial charge is 0.298 e. The van der Waals surface area contributed by atoms with Crippen LogP contribution in [0.3, 0.4) is 0 Å². The minimum Gasteiger partial charge on any atom is -0.298 e. The smallest absolute Gasteiger partial charge is 0.258 e. The summed E-state index contributed by atoms with van der Waals surface area (Å²) < 4.78 is 24.1. The number of carbonyl (C=O) groups excluding carboxylic acids is 1. The highest BCUT2D eigenvalue weighted by Gasteiger charge is 2.60. The highest BCUT2D eigenvalue weighted by atomic mass is 19.3. The van der Waals surface area contributed by atoms with E-state index in [1.807, 2.05) is 0 Å². The molecule has 4 heteroatoms. The number of halogens is 2. The van der Waals surface area contributed by atoms with Gasteiger partial charge < -0.3 is 0 Å². The number of rotatable bonds is 2. The number of carbonyl (C=O) groups is 1. The summed E-state index contributed by atoms with van der Waals surface area (Å²) in [5, 5.41) is 7.97. The predicted molar refractivity (Wildman–Crippen MR) is 28.3 cm³/mol. The van der Waals surface area contributed by atoms with Crippen molar-refractivity contribution in [1.29, 1.82) is 5.26 Å². The normalized spacial score (nSPS) is 27.1. The third-order valence-corrected chi connectivity index (χ3v) is 1.47. The number of nitrogens with zero attached hydrogens (tertiary/aromatic N) is 1. The molecule has 0 aromatic rings. The predicted octanol–water partition coefficient (Wildman–Crippen LogP) is 1.12. The standard InChI is InChI=1S/C6H5F2NO/c7-6(8)3-4(6)5(10)1-2-9/h4H,1,3H2/t4-/m0/s1. The minimum absolute atomic E-state index is 0.368. The van der Waals surface area contributed by atoms with Gasteiger partial charge in [0, 0.05) is 6.42 Å². The zero-order valence-electron chi connectivity index (χ0n) is 5.10.